The molecule has 1 rings (SSSR count). The van der Waals surface area contributed by atoms with Crippen LogP contribution in [0.4, 0.5) is 0 Å². The van der Waals surface area contributed by atoms with Gasteiger partial charge < -0.3 is 5.32 Å². The molecule has 11 heavy (non-hydrogen) atoms. The maximum absolute atomic E-state index is 4.11. The summed E-state index contributed by atoms with van der Waals surface area (Å²) in [5.41, 5.74) is 1.41. The van der Waals surface area contributed by atoms with Crippen molar-refractivity contribution in [3.05, 3.63) is 12.2 Å². The van der Waals surface area contributed by atoms with E-state index < -0.39 is 0 Å². The lowest BCUT2D eigenvalue weighted by molar-refractivity contribution is 0.397. The van der Waals surface area contributed by atoms with Crippen molar-refractivity contribution in [2.24, 2.45) is 5.92 Å². The first-order valence-corrected chi connectivity index (χ1v) is 4.67. The highest BCUT2D eigenvalue weighted by molar-refractivity contribution is 5.03. The highest BCUT2D eigenvalue weighted by atomic mass is 14.8. The Kier molecular flexibility index (Phi) is 3.64. The van der Waals surface area contributed by atoms with Crippen molar-refractivity contribution >= 4 is 0 Å². The highest BCUT2D eigenvalue weighted by Crippen LogP contribution is 2.28. The maximum atomic E-state index is 4.11. The molecule has 1 aliphatic rings. The van der Waals surface area contributed by atoms with Gasteiger partial charge in [-0.1, -0.05) is 31.4 Å². The maximum Gasteiger partial charge on any atom is 0.0161 e. The van der Waals surface area contributed by atoms with Gasteiger partial charge in [0.2, 0.25) is 0 Å². The summed E-state index contributed by atoms with van der Waals surface area (Å²) in [6.07, 6.45) is 7.01. The number of rotatable bonds is 3. The smallest absolute Gasteiger partial charge is 0.0161 e. The Balaban J connectivity index is 2.27. The molecule has 0 radical (unpaired) electrons. The van der Waals surface area contributed by atoms with Crippen LogP contribution in [0.5, 0.6) is 0 Å². The molecule has 0 amide bonds. The number of likely N-dealkylation sites (N-methyl/N-ethyl adjacent to an activating group) is 1. The Morgan fingerprint density at radius 1 is 1.36 bits per heavy atom. The molecular formula is C10H19N. The van der Waals surface area contributed by atoms with Crippen LogP contribution in [0.15, 0.2) is 12.2 Å². The molecule has 0 heterocycles. The van der Waals surface area contributed by atoms with Gasteiger partial charge in [0, 0.05) is 6.54 Å². The van der Waals surface area contributed by atoms with Gasteiger partial charge in [0.25, 0.3) is 0 Å². The summed E-state index contributed by atoms with van der Waals surface area (Å²) in [6.45, 7) is 5.11. The van der Waals surface area contributed by atoms with Gasteiger partial charge in [-0.3, -0.25) is 0 Å². The molecule has 0 aliphatic heterocycles. The molecule has 0 bridgehead atoms. The zero-order valence-corrected chi connectivity index (χ0v) is 7.53. The van der Waals surface area contributed by atoms with Gasteiger partial charge in [-0.05, 0) is 25.8 Å². The molecule has 0 saturated heterocycles. The quantitative estimate of drug-likeness (QED) is 0.614. The van der Waals surface area contributed by atoms with Gasteiger partial charge >= 0.3 is 0 Å². The fraction of sp³-hybridized carbons (Fsp3) is 0.800. The molecule has 0 spiro atoms. The summed E-state index contributed by atoms with van der Waals surface area (Å²) in [5, 5.41) is 3.17. The predicted molar refractivity (Wildman–Crippen MR) is 49.6 cm³/mol. The molecule has 0 aromatic rings. The average molecular weight is 153 g/mol. The summed E-state index contributed by atoms with van der Waals surface area (Å²) in [6, 6.07) is 0. The molecule has 1 aliphatic carbocycles. The zero-order valence-electron chi connectivity index (χ0n) is 7.53. The Bertz CT molecular complexity index is 123. The molecule has 0 atom stereocenters. The molecule has 0 aromatic carbocycles. The molecule has 1 heteroatoms. The van der Waals surface area contributed by atoms with Crippen LogP contribution >= 0.6 is 0 Å². The first kappa shape index (κ1) is 8.79. The van der Waals surface area contributed by atoms with Gasteiger partial charge in [0.1, 0.15) is 0 Å². The Morgan fingerprint density at radius 2 is 2.00 bits per heavy atom. The van der Waals surface area contributed by atoms with Crippen molar-refractivity contribution in [3.8, 4) is 0 Å². The van der Waals surface area contributed by atoms with Crippen LogP contribution in [-0.4, -0.2) is 13.6 Å². The van der Waals surface area contributed by atoms with Crippen molar-refractivity contribution in [1.82, 2.24) is 5.32 Å². The van der Waals surface area contributed by atoms with E-state index in [0.29, 0.717) is 0 Å². The molecule has 0 aromatic heterocycles. The van der Waals surface area contributed by atoms with E-state index in [-0.39, 0.29) is 0 Å². The third kappa shape index (κ3) is 2.66. The van der Waals surface area contributed by atoms with E-state index in [1.807, 2.05) is 7.05 Å². The van der Waals surface area contributed by atoms with Gasteiger partial charge in [-0.15, -0.1) is 0 Å². The van der Waals surface area contributed by atoms with Crippen LogP contribution in [0, 0.1) is 5.92 Å². The van der Waals surface area contributed by atoms with Gasteiger partial charge in [-0.2, -0.15) is 0 Å². The highest BCUT2D eigenvalue weighted by Gasteiger charge is 2.15. The lowest BCUT2D eigenvalue weighted by Gasteiger charge is -2.23. The number of hydrogen-bond acceptors (Lipinski definition) is 1. The largest absolute Gasteiger partial charge is 0.316 e. The van der Waals surface area contributed by atoms with E-state index in [1.54, 1.807) is 0 Å². The Morgan fingerprint density at radius 3 is 2.55 bits per heavy atom. The molecule has 64 valence electrons. The second-order valence-corrected chi connectivity index (χ2v) is 3.52. The van der Waals surface area contributed by atoms with Crippen molar-refractivity contribution in [2.45, 2.75) is 32.1 Å². The molecule has 0 unspecified atom stereocenters. The van der Waals surface area contributed by atoms with Crippen LogP contribution in [0.3, 0.4) is 0 Å². The van der Waals surface area contributed by atoms with E-state index in [2.05, 4.69) is 11.9 Å². The van der Waals surface area contributed by atoms with Crippen molar-refractivity contribution in [3.63, 3.8) is 0 Å². The molecule has 1 saturated carbocycles. The number of nitrogens with one attached hydrogen (secondary N) is 1. The van der Waals surface area contributed by atoms with Crippen molar-refractivity contribution in [1.29, 1.82) is 0 Å². The van der Waals surface area contributed by atoms with Gasteiger partial charge in [0.05, 0.1) is 0 Å². The first-order valence-electron chi connectivity index (χ1n) is 4.67. The summed E-state index contributed by atoms with van der Waals surface area (Å²) >= 11 is 0. The summed E-state index contributed by atoms with van der Waals surface area (Å²) in [5.74, 6) is 0.816. The SMILES string of the molecule is C=C(CNC)C1CCCCC1. The van der Waals surface area contributed by atoms with E-state index >= 15 is 0 Å². The minimum atomic E-state index is 0.816. The molecule has 1 N–H and O–H groups in total. The molecular weight excluding hydrogens is 134 g/mol. The third-order valence-electron chi connectivity index (χ3n) is 2.59. The normalized spacial score (nSPS) is 20.1. The van der Waals surface area contributed by atoms with E-state index in [0.717, 1.165) is 12.5 Å². The topological polar surface area (TPSA) is 12.0 Å². The van der Waals surface area contributed by atoms with Crippen LogP contribution in [0.1, 0.15) is 32.1 Å². The van der Waals surface area contributed by atoms with Crippen LogP contribution in [-0.2, 0) is 0 Å². The summed E-state index contributed by atoms with van der Waals surface area (Å²) < 4.78 is 0. The van der Waals surface area contributed by atoms with E-state index in [9.17, 15) is 0 Å². The third-order valence-corrected chi connectivity index (χ3v) is 2.59. The zero-order chi connectivity index (χ0) is 8.10. The number of hydrogen-bond donors (Lipinski definition) is 1. The fourth-order valence-corrected chi connectivity index (χ4v) is 1.88. The van der Waals surface area contributed by atoms with Gasteiger partial charge in [-0.25, -0.2) is 0 Å². The van der Waals surface area contributed by atoms with Crippen LogP contribution < -0.4 is 5.32 Å². The Hall–Kier alpha value is -0.300. The second kappa shape index (κ2) is 4.55. The molecule has 1 fully saturated rings. The molecule has 1 nitrogen and oxygen atoms in total. The summed E-state index contributed by atoms with van der Waals surface area (Å²) in [4.78, 5) is 0. The van der Waals surface area contributed by atoms with Crippen molar-refractivity contribution in [2.75, 3.05) is 13.6 Å². The lowest BCUT2D eigenvalue weighted by Crippen LogP contribution is -2.18. The monoisotopic (exact) mass is 153 g/mol. The van der Waals surface area contributed by atoms with Crippen molar-refractivity contribution < 1.29 is 0 Å². The fourth-order valence-electron chi connectivity index (χ4n) is 1.88. The second-order valence-electron chi connectivity index (χ2n) is 3.52. The minimum Gasteiger partial charge on any atom is -0.316 e. The predicted octanol–water partition coefficient (Wildman–Crippen LogP) is 2.34. The Labute approximate surface area is 69.9 Å². The van der Waals surface area contributed by atoms with Crippen LogP contribution in [0.25, 0.3) is 0 Å². The minimum absolute atomic E-state index is 0.816. The summed E-state index contributed by atoms with van der Waals surface area (Å²) in [7, 11) is 1.99. The first-order chi connectivity index (χ1) is 5.34. The van der Waals surface area contributed by atoms with Gasteiger partial charge in [0.15, 0.2) is 0 Å². The standard InChI is InChI=1S/C10H19N/c1-9(8-11-2)10-6-4-3-5-7-10/h10-11H,1,3-8H2,2H3. The van der Waals surface area contributed by atoms with Crippen LogP contribution in [0.2, 0.25) is 0 Å². The lowest BCUT2D eigenvalue weighted by atomic mass is 9.84. The van der Waals surface area contributed by atoms with E-state index in [4.69, 9.17) is 0 Å². The average Bonchev–Trinajstić information content (AvgIpc) is 2.07. The van der Waals surface area contributed by atoms with E-state index in [1.165, 1.54) is 37.7 Å².